The molecule has 7 rings (SSSR count). The number of rotatable bonds is 7. The van der Waals surface area contributed by atoms with E-state index in [-0.39, 0.29) is 18.5 Å². The molecule has 2 bridgehead atoms. The Morgan fingerprint density at radius 2 is 2.26 bits per heavy atom. The van der Waals surface area contributed by atoms with E-state index in [1.165, 1.54) is 6.42 Å². The Morgan fingerprint density at radius 1 is 1.43 bits per heavy atom. The van der Waals surface area contributed by atoms with Crippen molar-refractivity contribution in [2.45, 2.75) is 45.1 Å². The third kappa shape index (κ3) is 3.37. The molecule has 0 spiro atoms. The van der Waals surface area contributed by atoms with Crippen molar-refractivity contribution >= 4 is 32.9 Å². The lowest BCUT2D eigenvalue weighted by Crippen LogP contribution is -2.53. The van der Waals surface area contributed by atoms with Crippen molar-refractivity contribution in [1.82, 2.24) is 29.8 Å². The number of hydrogen-bond acceptors (Lipinski definition) is 8. The van der Waals surface area contributed by atoms with Gasteiger partial charge in [0.15, 0.2) is 11.5 Å². The second-order valence-corrected chi connectivity index (χ2v) is 12.9. The molecule has 11 nitrogen and oxygen atoms in total. The summed E-state index contributed by atoms with van der Waals surface area (Å²) in [6.07, 6.45) is 3.83. The summed E-state index contributed by atoms with van der Waals surface area (Å²) >= 11 is 0. The molecule has 35 heavy (non-hydrogen) atoms. The van der Waals surface area contributed by atoms with E-state index < -0.39 is 20.7 Å². The summed E-state index contributed by atoms with van der Waals surface area (Å²) in [7, 11) is -2.52. The van der Waals surface area contributed by atoms with E-state index in [0.717, 1.165) is 30.0 Å². The maximum absolute atomic E-state index is 12.4. The fourth-order valence-electron chi connectivity index (χ4n) is 5.95. The first-order valence-electron chi connectivity index (χ1n) is 12.1. The highest BCUT2D eigenvalue weighted by molar-refractivity contribution is 8.01. The molecular formula is C23H32N8O3S. The molecule has 5 unspecified atom stereocenters. The van der Waals surface area contributed by atoms with Crippen molar-refractivity contribution in [3.05, 3.63) is 29.5 Å². The number of H-pyrrole nitrogens is 1. The number of aromatic amines is 1. The Balaban J connectivity index is 1.37. The number of ether oxygens (including phenoxy) is 1. The molecule has 3 saturated heterocycles. The highest BCUT2D eigenvalue weighted by Gasteiger charge is 2.74. The lowest BCUT2D eigenvalue weighted by atomic mass is 9.53. The molecule has 5 atom stereocenters. The van der Waals surface area contributed by atoms with Gasteiger partial charge in [0.1, 0.15) is 11.4 Å². The van der Waals surface area contributed by atoms with Gasteiger partial charge in [-0.25, -0.2) is 13.7 Å². The molecule has 3 aromatic rings. The van der Waals surface area contributed by atoms with Crippen LogP contribution in [-0.2, 0) is 20.0 Å². The van der Waals surface area contributed by atoms with Gasteiger partial charge < -0.3 is 14.7 Å². The van der Waals surface area contributed by atoms with Crippen LogP contribution in [0.25, 0.3) is 5.65 Å². The van der Waals surface area contributed by atoms with Crippen LogP contribution >= 0.6 is 0 Å². The molecule has 3 N–H and O–H groups in total. The number of anilines is 2. The maximum Gasteiger partial charge on any atom is 0.253 e. The molecule has 0 radical (unpaired) electrons. The van der Waals surface area contributed by atoms with Crippen molar-refractivity contribution in [3.63, 3.8) is 0 Å². The lowest BCUT2D eigenvalue weighted by molar-refractivity contribution is -0.0714. The Kier molecular flexibility index (Phi) is 4.97. The third-order valence-corrected chi connectivity index (χ3v) is 9.40. The van der Waals surface area contributed by atoms with Gasteiger partial charge in [0.05, 0.1) is 31.0 Å². The predicted octanol–water partition coefficient (Wildman–Crippen LogP) is 1.46. The van der Waals surface area contributed by atoms with E-state index in [1.807, 2.05) is 10.7 Å². The second kappa shape index (κ2) is 7.65. The summed E-state index contributed by atoms with van der Waals surface area (Å²) < 4.78 is 23.4. The van der Waals surface area contributed by atoms with Crippen molar-refractivity contribution in [3.8, 4) is 0 Å². The van der Waals surface area contributed by atoms with E-state index in [4.69, 9.17) is 14.8 Å². The maximum atomic E-state index is 12.4. The number of nitrogens with one attached hydrogen (secondary N) is 2. The first-order chi connectivity index (χ1) is 16.7. The van der Waals surface area contributed by atoms with E-state index in [0.29, 0.717) is 36.3 Å². The van der Waals surface area contributed by atoms with Gasteiger partial charge in [0.2, 0.25) is 0 Å². The van der Waals surface area contributed by atoms with Crippen LogP contribution in [0.15, 0.2) is 12.3 Å². The second-order valence-electron chi connectivity index (χ2n) is 10.5. The minimum Gasteiger partial charge on any atom is -0.396 e. The highest BCUT2D eigenvalue weighted by Crippen LogP contribution is 2.70. The van der Waals surface area contributed by atoms with Crippen molar-refractivity contribution in [2.24, 2.45) is 11.3 Å². The zero-order chi connectivity index (χ0) is 24.6. The van der Waals surface area contributed by atoms with Gasteiger partial charge in [-0.1, -0.05) is 13.8 Å². The quantitative estimate of drug-likeness (QED) is 0.415. The molecule has 6 heterocycles. The first kappa shape index (κ1) is 22.7. The minimum atomic E-state index is -2.52. The summed E-state index contributed by atoms with van der Waals surface area (Å²) in [5.41, 5.74) is 1.69. The molecule has 188 valence electrons. The molecule has 0 amide bonds. The standard InChI is InChI=1S/C23H32N8O3S/c1-5-35(4,33)29-21-24-18(26-27-21)17-22(12-32)11-23(17,34-13-22)20-25-19-15(3)8-16(10-31(19)28-20)30-7-6-14(2)9-30/h8,10,14,17,32H,4-7,9,11-13H2,1-3H3,(H2,24,26,27,29,33). The van der Waals surface area contributed by atoms with Crippen molar-refractivity contribution in [1.29, 1.82) is 0 Å². The van der Waals surface area contributed by atoms with Gasteiger partial charge in [-0.2, -0.15) is 4.98 Å². The van der Waals surface area contributed by atoms with Crippen LogP contribution < -0.4 is 9.62 Å². The van der Waals surface area contributed by atoms with Crippen molar-refractivity contribution < 1.29 is 14.1 Å². The molecule has 3 aromatic heterocycles. The summed E-state index contributed by atoms with van der Waals surface area (Å²) in [6, 6.07) is 2.17. The fraction of sp³-hybridized carbons (Fsp3) is 0.609. The first-order valence-corrected chi connectivity index (χ1v) is 14.0. The van der Waals surface area contributed by atoms with Crippen molar-refractivity contribution in [2.75, 3.05) is 41.7 Å². The van der Waals surface area contributed by atoms with E-state index in [9.17, 15) is 9.32 Å². The van der Waals surface area contributed by atoms with E-state index in [1.54, 1.807) is 6.92 Å². The number of fused-ring (bicyclic) bond motifs is 2. The van der Waals surface area contributed by atoms with Crippen LogP contribution in [0, 0.1) is 18.3 Å². The van der Waals surface area contributed by atoms with Gasteiger partial charge in [0, 0.05) is 34.0 Å². The van der Waals surface area contributed by atoms with Gasteiger partial charge in [-0.15, -0.1) is 10.2 Å². The van der Waals surface area contributed by atoms with Crippen LogP contribution in [0.3, 0.4) is 0 Å². The average Bonchev–Trinajstić information content (AvgIpc) is 3.61. The summed E-state index contributed by atoms with van der Waals surface area (Å²) in [5.74, 6) is 5.80. The van der Waals surface area contributed by atoms with Crippen LogP contribution in [0.2, 0.25) is 0 Å². The molecule has 4 fully saturated rings. The van der Waals surface area contributed by atoms with Crippen LogP contribution in [0.5, 0.6) is 0 Å². The number of hydrogen-bond donors (Lipinski definition) is 3. The topological polar surface area (TPSA) is 134 Å². The Hall–Kier alpha value is -2.70. The van der Waals surface area contributed by atoms with E-state index in [2.05, 4.69) is 50.6 Å². The molecule has 0 aromatic carbocycles. The number of aliphatic hydroxyl groups excluding tert-OH is 1. The van der Waals surface area contributed by atoms with Gasteiger partial charge in [0.25, 0.3) is 5.95 Å². The van der Waals surface area contributed by atoms with Crippen LogP contribution in [0.4, 0.5) is 11.6 Å². The largest absolute Gasteiger partial charge is 0.396 e. The highest BCUT2D eigenvalue weighted by atomic mass is 32.2. The lowest BCUT2D eigenvalue weighted by Gasteiger charge is -2.49. The summed E-state index contributed by atoms with van der Waals surface area (Å²) in [4.78, 5) is 11.9. The normalized spacial score (nSPS) is 31.6. The molecule has 1 aliphatic carbocycles. The Bertz CT molecular complexity index is 1400. The minimum absolute atomic E-state index is 0.0480. The number of aryl methyl sites for hydroxylation is 1. The van der Waals surface area contributed by atoms with Crippen LogP contribution in [-0.4, -0.2) is 77.0 Å². The van der Waals surface area contributed by atoms with Crippen LogP contribution in [0.1, 0.15) is 49.8 Å². The fourth-order valence-corrected chi connectivity index (χ4v) is 6.52. The summed E-state index contributed by atoms with van der Waals surface area (Å²) in [5, 5.41) is 22.3. The molecular weight excluding hydrogens is 468 g/mol. The zero-order valence-electron chi connectivity index (χ0n) is 20.3. The summed E-state index contributed by atoms with van der Waals surface area (Å²) in [6.45, 7) is 8.54. The average molecular weight is 501 g/mol. The number of aromatic nitrogens is 6. The van der Waals surface area contributed by atoms with Gasteiger partial charge in [-0.3, -0.25) is 9.82 Å². The van der Waals surface area contributed by atoms with E-state index >= 15 is 0 Å². The number of aliphatic hydroxyl groups is 1. The number of nitrogens with zero attached hydrogens (tertiary/aromatic N) is 6. The molecule has 1 saturated carbocycles. The zero-order valence-corrected chi connectivity index (χ0v) is 21.1. The molecule has 4 aliphatic rings. The predicted molar refractivity (Wildman–Crippen MR) is 134 cm³/mol. The molecule has 3 aliphatic heterocycles. The third-order valence-electron chi connectivity index (χ3n) is 7.92. The number of pyridine rings is 1. The Labute approximate surface area is 204 Å². The Morgan fingerprint density at radius 3 is 2.97 bits per heavy atom. The van der Waals surface area contributed by atoms with Gasteiger partial charge >= 0.3 is 0 Å². The van der Waals surface area contributed by atoms with Gasteiger partial charge in [-0.05, 0) is 43.2 Å². The smallest absolute Gasteiger partial charge is 0.253 e. The monoisotopic (exact) mass is 500 g/mol. The SMILES string of the molecule is C=S(=O)(CC)Nc1n[nH]c(C2C3(CO)COC2(c2nc4c(C)cc(N5CCC(C)C5)cn4n2)C3)n1. The molecule has 12 heteroatoms.